The Hall–Kier alpha value is -1.89. The zero-order valence-corrected chi connectivity index (χ0v) is 7.16. The highest BCUT2D eigenvalue weighted by Crippen LogP contribution is 1.83. The monoisotopic (exact) mass is 199 g/mol. The van der Waals surface area contributed by atoms with E-state index in [4.69, 9.17) is 5.11 Å². The lowest BCUT2D eigenvalue weighted by Gasteiger charge is -2.01. The van der Waals surface area contributed by atoms with Crippen molar-refractivity contribution >= 4 is 5.91 Å². The van der Waals surface area contributed by atoms with Crippen LogP contribution in [0.4, 0.5) is 0 Å². The maximum atomic E-state index is 11.2. The van der Waals surface area contributed by atoms with Crippen LogP contribution < -0.4 is 16.6 Å². The molecule has 1 heterocycles. The summed E-state index contributed by atoms with van der Waals surface area (Å²) in [6.45, 7) is -0.146. The molecule has 1 aromatic rings. The van der Waals surface area contributed by atoms with Crippen LogP contribution in [0.5, 0.6) is 0 Å². The second-order valence-corrected chi connectivity index (χ2v) is 2.48. The van der Waals surface area contributed by atoms with Crippen LogP contribution in [-0.2, 0) is 0 Å². The van der Waals surface area contributed by atoms with Gasteiger partial charge in [0.15, 0.2) is 0 Å². The van der Waals surface area contributed by atoms with E-state index >= 15 is 0 Å². The maximum absolute atomic E-state index is 11.2. The summed E-state index contributed by atoms with van der Waals surface area (Å²) in [6, 6.07) is 0.966. The lowest BCUT2D eigenvalue weighted by atomic mass is 10.4. The third-order valence-electron chi connectivity index (χ3n) is 1.40. The van der Waals surface area contributed by atoms with Crippen LogP contribution in [0.15, 0.2) is 15.7 Å². The third kappa shape index (κ3) is 2.56. The van der Waals surface area contributed by atoms with Gasteiger partial charge in [-0.15, -0.1) is 0 Å². The molecule has 0 aliphatic heterocycles. The summed E-state index contributed by atoms with van der Waals surface area (Å²) in [5.74, 6) is -0.609. The minimum atomic E-state index is -0.744. The fraction of sp³-hybridized carbons (Fsp3) is 0.286. The fourth-order valence-electron chi connectivity index (χ4n) is 0.856. The van der Waals surface area contributed by atoms with Crippen LogP contribution in [0.3, 0.4) is 0 Å². The van der Waals surface area contributed by atoms with Crippen molar-refractivity contribution < 1.29 is 9.90 Å². The van der Waals surface area contributed by atoms with Gasteiger partial charge in [-0.05, 0) is 0 Å². The number of hydrogen-bond acceptors (Lipinski definition) is 4. The molecule has 1 rings (SSSR count). The van der Waals surface area contributed by atoms with Gasteiger partial charge in [-0.3, -0.25) is 14.6 Å². The van der Waals surface area contributed by atoms with Crippen molar-refractivity contribution in [3.63, 3.8) is 0 Å². The quantitative estimate of drug-likeness (QED) is 0.441. The summed E-state index contributed by atoms with van der Waals surface area (Å²) in [4.78, 5) is 36.8. The average Bonchev–Trinajstić information content (AvgIpc) is 2.12. The van der Waals surface area contributed by atoms with Crippen molar-refractivity contribution in [2.75, 3.05) is 13.2 Å². The van der Waals surface area contributed by atoms with E-state index in [2.05, 4.69) is 10.3 Å². The maximum Gasteiger partial charge on any atom is 0.326 e. The molecule has 1 amide bonds. The number of rotatable bonds is 3. The Balaban J connectivity index is 2.90. The molecule has 7 nitrogen and oxygen atoms in total. The van der Waals surface area contributed by atoms with Crippen molar-refractivity contribution in [2.45, 2.75) is 0 Å². The van der Waals surface area contributed by atoms with Crippen LogP contribution in [0, 0.1) is 0 Å². The number of aromatic nitrogens is 2. The number of nitrogens with one attached hydrogen (secondary N) is 3. The summed E-state index contributed by atoms with van der Waals surface area (Å²) in [5.41, 5.74) is -1.53. The van der Waals surface area contributed by atoms with Gasteiger partial charge in [-0.25, -0.2) is 4.79 Å². The van der Waals surface area contributed by atoms with Gasteiger partial charge in [0.25, 0.3) is 11.5 Å². The Kier molecular flexibility index (Phi) is 3.19. The molecule has 1 aromatic heterocycles. The normalized spacial score (nSPS) is 9.79. The summed E-state index contributed by atoms with van der Waals surface area (Å²) in [6.07, 6.45) is 0. The molecule has 0 aromatic carbocycles. The molecule has 0 spiro atoms. The summed E-state index contributed by atoms with van der Waals surface area (Å²) in [5, 5.41) is 10.7. The van der Waals surface area contributed by atoms with Gasteiger partial charge in [0.1, 0.15) is 5.69 Å². The summed E-state index contributed by atoms with van der Waals surface area (Å²) < 4.78 is 0. The second-order valence-electron chi connectivity index (χ2n) is 2.48. The van der Waals surface area contributed by atoms with Gasteiger partial charge in [-0.2, -0.15) is 0 Å². The molecular formula is C7H9N3O4. The third-order valence-corrected chi connectivity index (χ3v) is 1.40. The predicted octanol–water partition coefficient (Wildman–Crippen LogP) is -2.21. The van der Waals surface area contributed by atoms with Gasteiger partial charge in [0.2, 0.25) is 0 Å². The van der Waals surface area contributed by atoms with E-state index in [0.717, 1.165) is 6.07 Å². The van der Waals surface area contributed by atoms with E-state index in [1.807, 2.05) is 4.98 Å². The number of aliphatic hydroxyl groups is 1. The van der Waals surface area contributed by atoms with E-state index < -0.39 is 17.2 Å². The van der Waals surface area contributed by atoms with E-state index in [1.165, 1.54) is 0 Å². The first-order chi connectivity index (χ1) is 6.63. The topological polar surface area (TPSA) is 115 Å². The Morgan fingerprint density at radius 1 is 1.43 bits per heavy atom. The molecule has 0 unspecified atom stereocenters. The number of carbonyl (C=O) groups is 1. The van der Waals surface area contributed by atoms with E-state index in [-0.39, 0.29) is 18.8 Å². The largest absolute Gasteiger partial charge is 0.395 e. The molecule has 14 heavy (non-hydrogen) atoms. The van der Waals surface area contributed by atoms with Crippen molar-refractivity contribution in [3.8, 4) is 0 Å². The average molecular weight is 199 g/mol. The molecule has 76 valence electrons. The number of hydrogen-bond donors (Lipinski definition) is 4. The molecule has 0 radical (unpaired) electrons. The van der Waals surface area contributed by atoms with Gasteiger partial charge in [0, 0.05) is 12.6 Å². The molecule has 4 N–H and O–H groups in total. The van der Waals surface area contributed by atoms with E-state index in [1.54, 1.807) is 0 Å². The molecule has 0 bridgehead atoms. The highest BCUT2D eigenvalue weighted by atomic mass is 16.3. The zero-order chi connectivity index (χ0) is 10.6. The number of carbonyl (C=O) groups excluding carboxylic acids is 1. The standard InChI is InChI=1S/C7H9N3O4/c11-2-1-8-6(13)4-3-5(12)10-7(14)9-4/h3,11H,1-2H2,(H,8,13)(H2,9,10,12,14). The van der Waals surface area contributed by atoms with E-state index in [9.17, 15) is 14.4 Å². The van der Waals surface area contributed by atoms with Crippen LogP contribution >= 0.6 is 0 Å². The fourth-order valence-corrected chi connectivity index (χ4v) is 0.856. The molecule has 0 saturated carbocycles. The Bertz CT molecular complexity index is 405. The SMILES string of the molecule is O=C(NCCO)c1cc(=O)[nH]c(=O)[nH]1. The van der Waals surface area contributed by atoms with Gasteiger partial charge >= 0.3 is 5.69 Å². The number of H-pyrrole nitrogens is 2. The smallest absolute Gasteiger partial charge is 0.326 e. The molecule has 0 atom stereocenters. The minimum Gasteiger partial charge on any atom is -0.395 e. The number of amides is 1. The van der Waals surface area contributed by atoms with Crippen molar-refractivity contribution in [3.05, 3.63) is 32.6 Å². The zero-order valence-electron chi connectivity index (χ0n) is 7.16. The summed E-state index contributed by atoms with van der Waals surface area (Å²) in [7, 11) is 0. The molecule has 7 heteroatoms. The van der Waals surface area contributed by atoms with Gasteiger partial charge in [0.05, 0.1) is 6.61 Å². The molecule has 0 fully saturated rings. The first-order valence-corrected chi connectivity index (χ1v) is 3.86. The van der Waals surface area contributed by atoms with Gasteiger partial charge in [-0.1, -0.05) is 0 Å². The number of aromatic amines is 2. The van der Waals surface area contributed by atoms with Crippen LogP contribution in [0.1, 0.15) is 10.5 Å². The lowest BCUT2D eigenvalue weighted by molar-refractivity contribution is 0.0939. The molecule has 0 saturated heterocycles. The van der Waals surface area contributed by atoms with Crippen molar-refractivity contribution in [1.29, 1.82) is 0 Å². The first-order valence-electron chi connectivity index (χ1n) is 3.86. The predicted molar refractivity (Wildman–Crippen MR) is 47.1 cm³/mol. The van der Waals surface area contributed by atoms with Crippen LogP contribution in [-0.4, -0.2) is 34.1 Å². The lowest BCUT2D eigenvalue weighted by Crippen LogP contribution is -2.32. The molecule has 0 aliphatic rings. The second kappa shape index (κ2) is 4.38. The molecule has 0 aliphatic carbocycles. The van der Waals surface area contributed by atoms with Crippen molar-refractivity contribution in [1.82, 2.24) is 15.3 Å². The highest BCUT2D eigenvalue weighted by molar-refractivity contribution is 5.91. The molecular weight excluding hydrogens is 190 g/mol. The van der Waals surface area contributed by atoms with Crippen LogP contribution in [0.2, 0.25) is 0 Å². The summed E-state index contributed by atoms with van der Waals surface area (Å²) >= 11 is 0. The van der Waals surface area contributed by atoms with Crippen LogP contribution in [0.25, 0.3) is 0 Å². The Morgan fingerprint density at radius 2 is 2.14 bits per heavy atom. The first kappa shape index (κ1) is 10.2. The Labute approximate surface area is 77.8 Å². The van der Waals surface area contributed by atoms with Crippen molar-refractivity contribution in [2.24, 2.45) is 0 Å². The Morgan fingerprint density at radius 3 is 2.71 bits per heavy atom. The highest BCUT2D eigenvalue weighted by Gasteiger charge is 2.06. The van der Waals surface area contributed by atoms with Gasteiger partial charge < -0.3 is 15.4 Å². The van der Waals surface area contributed by atoms with E-state index in [0.29, 0.717) is 0 Å². The minimum absolute atomic E-state index is 0.0632. The number of aliphatic hydroxyl groups excluding tert-OH is 1.